The molecule has 5 rings (SSSR count). The van der Waals surface area contributed by atoms with Gasteiger partial charge >= 0.3 is 5.69 Å². The van der Waals surface area contributed by atoms with Gasteiger partial charge in [-0.2, -0.15) is 0 Å². The van der Waals surface area contributed by atoms with Crippen LogP contribution in [0.3, 0.4) is 0 Å². The molecule has 8 nitrogen and oxygen atoms in total. The largest absolute Gasteiger partial charge is 0.366 e. The highest BCUT2D eigenvalue weighted by Gasteiger charge is 2.30. The number of hydrogen-bond donors (Lipinski definition) is 1. The Hall–Kier alpha value is -3.68. The van der Waals surface area contributed by atoms with Gasteiger partial charge in [-0.25, -0.2) is 4.63 Å². The fraction of sp³-hybridized carbons (Fsp3) is 0.200. The van der Waals surface area contributed by atoms with E-state index in [4.69, 9.17) is 4.63 Å². The zero-order chi connectivity index (χ0) is 19.1. The van der Waals surface area contributed by atoms with Crippen LogP contribution < -0.4 is 10.2 Å². The Balaban J connectivity index is 1.64. The van der Waals surface area contributed by atoms with Crippen LogP contribution in [0.25, 0.3) is 21.8 Å². The molecule has 1 aromatic heterocycles. The first-order valence-corrected chi connectivity index (χ1v) is 9.15. The minimum atomic E-state index is -0.403. The second-order valence-electron chi connectivity index (χ2n) is 6.89. The van der Waals surface area contributed by atoms with Crippen LogP contribution in [0, 0.1) is 10.1 Å². The second kappa shape index (κ2) is 6.49. The molecule has 0 amide bonds. The molecule has 0 saturated carbocycles. The SMILES string of the molecule is O=[N+]([O-])c1c(N2CCCC2)cc(Nc2ccc3ccccc3c2)c2nonc12. The maximum atomic E-state index is 11.8. The van der Waals surface area contributed by atoms with Crippen molar-refractivity contribution in [3.8, 4) is 0 Å². The lowest BCUT2D eigenvalue weighted by molar-refractivity contribution is -0.382. The minimum Gasteiger partial charge on any atom is -0.366 e. The topological polar surface area (TPSA) is 97.3 Å². The molecule has 0 radical (unpaired) electrons. The van der Waals surface area contributed by atoms with Crippen molar-refractivity contribution in [2.45, 2.75) is 12.8 Å². The first-order chi connectivity index (χ1) is 13.7. The van der Waals surface area contributed by atoms with Gasteiger partial charge in [0.25, 0.3) is 0 Å². The van der Waals surface area contributed by atoms with Crippen LogP contribution in [0.1, 0.15) is 12.8 Å². The molecule has 1 aliphatic rings. The van der Waals surface area contributed by atoms with Crippen molar-refractivity contribution in [2.24, 2.45) is 0 Å². The predicted molar refractivity (Wildman–Crippen MR) is 107 cm³/mol. The molecule has 1 N–H and O–H groups in total. The third-order valence-electron chi connectivity index (χ3n) is 5.15. The van der Waals surface area contributed by atoms with E-state index in [1.807, 2.05) is 41.3 Å². The Bertz CT molecular complexity index is 1200. The molecule has 8 heteroatoms. The first kappa shape index (κ1) is 16.5. The van der Waals surface area contributed by atoms with E-state index in [2.05, 4.69) is 21.7 Å². The molecule has 1 fully saturated rings. The lowest BCUT2D eigenvalue weighted by atomic mass is 10.1. The molecule has 0 unspecified atom stereocenters. The molecular weight excluding hydrogens is 358 g/mol. The van der Waals surface area contributed by atoms with Gasteiger partial charge in [-0.3, -0.25) is 10.1 Å². The Morgan fingerprint density at radius 3 is 2.54 bits per heavy atom. The summed E-state index contributed by atoms with van der Waals surface area (Å²) in [6, 6.07) is 15.9. The molecule has 0 bridgehead atoms. The quantitative estimate of drug-likeness (QED) is 0.410. The van der Waals surface area contributed by atoms with Crippen molar-refractivity contribution in [1.29, 1.82) is 0 Å². The number of nitrogens with zero attached hydrogens (tertiary/aromatic N) is 4. The summed E-state index contributed by atoms with van der Waals surface area (Å²) in [5, 5.41) is 25.1. The number of fused-ring (bicyclic) bond motifs is 2. The molecule has 140 valence electrons. The lowest BCUT2D eigenvalue weighted by Crippen LogP contribution is -2.19. The number of anilines is 3. The summed E-state index contributed by atoms with van der Waals surface area (Å²) in [4.78, 5) is 13.4. The second-order valence-corrected chi connectivity index (χ2v) is 6.89. The smallest absolute Gasteiger partial charge is 0.323 e. The summed E-state index contributed by atoms with van der Waals surface area (Å²) in [6.07, 6.45) is 2.03. The van der Waals surface area contributed by atoms with Crippen LogP contribution in [-0.2, 0) is 0 Å². The number of aromatic nitrogens is 2. The summed E-state index contributed by atoms with van der Waals surface area (Å²) < 4.78 is 4.86. The summed E-state index contributed by atoms with van der Waals surface area (Å²) in [5.41, 5.74) is 2.51. The molecule has 0 spiro atoms. The molecule has 1 aliphatic heterocycles. The minimum absolute atomic E-state index is 0.0535. The van der Waals surface area contributed by atoms with Crippen molar-refractivity contribution in [3.63, 3.8) is 0 Å². The van der Waals surface area contributed by atoms with Gasteiger partial charge in [-0.15, -0.1) is 0 Å². The van der Waals surface area contributed by atoms with Crippen LogP contribution in [0.5, 0.6) is 0 Å². The normalized spacial score (nSPS) is 14.1. The van der Waals surface area contributed by atoms with E-state index in [9.17, 15) is 10.1 Å². The van der Waals surface area contributed by atoms with Crippen molar-refractivity contribution in [2.75, 3.05) is 23.3 Å². The molecule has 4 aromatic rings. The van der Waals surface area contributed by atoms with Gasteiger partial charge in [-0.05, 0) is 52.1 Å². The van der Waals surface area contributed by atoms with Crippen LogP contribution >= 0.6 is 0 Å². The Labute approximate surface area is 159 Å². The number of nitro benzene ring substituents is 1. The van der Waals surface area contributed by atoms with Crippen molar-refractivity contribution < 1.29 is 9.55 Å². The number of rotatable bonds is 4. The molecule has 1 saturated heterocycles. The highest BCUT2D eigenvalue weighted by Crippen LogP contribution is 2.41. The van der Waals surface area contributed by atoms with Gasteiger partial charge in [0.15, 0.2) is 5.52 Å². The fourth-order valence-corrected chi connectivity index (χ4v) is 3.81. The van der Waals surface area contributed by atoms with Crippen LogP contribution in [0.2, 0.25) is 0 Å². The maximum absolute atomic E-state index is 11.8. The average molecular weight is 375 g/mol. The van der Waals surface area contributed by atoms with Gasteiger partial charge in [0.2, 0.25) is 5.52 Å². The Morgan fingerprint density at radius 2 is 1.75 bits per heavy atom. The van der Waals surface area contributed by atoms with Gasteiger partial charge in [0, 0.05) is 18.8 Å². The van der Waals surface area contributed by atoms with Gasteiger partial charge in [0.05, 0.1) is 10.6 Å². The molecule has 2 heterocycles. The van der Waals surface area contributed by atoms with Gasteiger partial charge in [-0.1, -0.05) is 30.3 Å². The molecule has 28 heavy (non-hydrogen) atoms. The molecule has 0 atom stereocenters. The van der Waals surface area contributed by atoms with Crippen molar-refractivity contribution >= 4 is 44.6 Å². The van der Waals surface area contributed by atoms with Crippen molar-refractivity contribution in [3.05, 3.63) is 58.6 Å². The van der Waals surface area contributed by atoms with E-state index in [0.717, 1.165) is 42.4 Å². The summed E-state index contributed by atoms with van der Waals surface area (Å²) in [5.74, 6) is 0. The van der Waals surface area contributed by atoms with Crippen LogP contribution in [0.15, 0.2) is 53.2 Å². The first-order valence-electron chi connectivity index (χ1n) is 9.15. The summed E-state index contributed by atoms with van der Waals surface area (Å²) >= 11 is 0. The van der Waals surface area contributed by atoms with E-state index in [-0.39, 0.29) is 11.2 Å². The number of hydrogen-bond acceptors (Lipinski definition) is 7. The van der Waals surface area contributed by atoms with Crippen molar-refractivity contribution in [1.82, 2.24) is 10.3 Å². The highest BCUT2D eigenvalue weighted by atomic mass is 16.6. The number of nitro groups is 1. The van der Waals surface area contributed by atoms with E-state index < -0.39 is 4.92 Å². The average Bonchev–Trinajstić information content (AvgIpc) is 3.39. The highest BCUT2D eigenvalue weighted by molar-refractivity contribution is 6.01. The lowest BCUT2D eigenvalue weighted by Gasteiger charge is -2.19. The van der Waals surface area contributed by atoms with E-state index in [0.29, 0.717) is 16.9 Å². The molecule has 3 aromatic carbocycles. The summed E-state index contributed by atoms with van der Waals surface area (Å²) in [6.45, 7) is 1.57. The number of benzene rings is 3. The zero-order valence-electron chi connectivity index (χ0n) is 15.0. The fourth-order valence-electron chi connectivity index (χ4n) is 3.81. The Morgan fingerprint density at radius 1 is 1.00 bits per heavy atom. The maximum Gasteiger partial charge on any atom is 0.323 e. The van der Waals surface area contributed by atoms with E-state index in [1.54, 1.807) is 6.07 Å². The monoisotopic (exact) mass is 375 g/mol. The standard InChI is InChI=1S/C20H17N5O3/c26-25(27)20-17(24-9-3-4-10-24)12-16(18-19(20)23-28-22-18)21-15-8-7-13-5-1-2-6-14(13)11-15/h1-2,5-8,11-12,21H,3-4,9-10H2. The van der Waals surface area contributed by atoms with E-state index >= 15 is 0 Å². The predicted octanol–water partition coefficient (Wildman–Crippen LogP) is 4.63. The van der Waals surface area contributed by atoms with Crippen LogP contribution in [-0.4, -0.2) is 28.3 Å². The van der Waals surface area contributed by atoms with Gasteiger partial charge in [0.1, 0.15) is 5.69 Å². The number of nitrogens with one attached hydrogen (secondary N) is 1. The van der Waals surface area contributed by atoms with E-state index in [1.165, 1.54) is 0 Å². The van der Waals surface area contributed by atoms with Crippen LogP contribution in [0.4, 0.5) is 22.7 Å². The van der Waals surface area contributed by atoms with Gasteiger partial charge < -0.3 is 10.2 Å². The third-order valence-corrected chi connectivity index (χ3v) is 5.15. The third kappa shape index (κ3) is 2.70. The Kier molecular flexibility index (Phi) is 3.82. The zero-order valence-corrected chi connectivity index (χ0v) is 15.0. The molecule has 0 aliphatic carbocycles. The summed E-state index contributed by atoms with van der Waals surface area (Å²) in [7, 11) is 0. The molecular formula is C20H17N5O3.